The summed E-state index contributed by atoms with van der Waals surface area (Å²) >= 11 is 0. The minimum atomic E-state index is -0.491. The van der Waals surface area contributed by atoms with Crippen molar-refractivity contribution in [1.29, 1.82) is 0 Å². The summed E-state index contributed by atoms with van der Waals surface area (Å²) in [4.78, 5) is 22.8. The quantitative estimate of drug-likeness (QED) is 0.426. The zero-order chi connectivity index (χ0) is 18.8. The van der Waals surface area contributed by atoms with E-state index in [9.17, 15) is 20.0 Å². The predicted molar refractivity (Wildman–Crippen MR) is 99.8 cm³/mol. The van der Waals surface area contributed by atoms with Crippen LogP contribution in [0, 0.1) is 10.1 Å². The average Bonchev–Trinajstić information content (AvgIpc) is 2.65. The zero-order valence-corrected chi connectivity index (χ0v) is 14.1. The molecule has 0 aliphatic heterocycles. The highest BCUT2D eigenvalue weighted by Crippen LogP contribution is 2.26. The second-order valence-corrected chi connectivity index (χ2v) is 5.72. The number of aromatic nitrogens is 1. The molecule has 0 saturated heterocycles. The Morgan fingerprint density at radius 3 is 2.50 bits per heavy atom. The van der Waals surface area contributed by atoms with Gasteiger partial charge in [0.1, 0.15) is 11.3 Å². The number of nitrogens with one attached hydrogen (secondary N) is 1. The number of benzene rings is 2. The number of nitrogens with zero attached hydrogens (tertiary/aromatic N) is 3. The Bertz CT molecular complexity index is 1080. The Morgan fingerprint density at radius 1 is 1.19 bits per heavy atom. The second kappa shape index (κ2) is 6.67. The number of hydrazone groups is 1. The molecule has 0 radical (unpaired) electrons. The van der Waals surface area contributed by atoms with Crippen LogP contribution < -0.4 is 11.0 Å². The van der Waals surface area contributed by atoms with E-state index in [1.54, 1.807) is 38.2 Å². The molecular weight excluding hydrogens is 336 g/mol. The number of aromatic hydroxyl groups is 1. The summed E-state index contributed by atoms with van der Waals surface area (Å²) in [6.07, 6.45) is 0. The topological polar surface area (TPSA) is 110 Å². The van der Waals surface area contributed by atoms with Crippen molar-refractivity contribution in [2.75, 3.05) is 5.43 Å². The van der Waals surface area contributed by atoms with E-state index in [0.29, 0.717) is 22.3 Å². The van der Waals surface area contributed by atoms with Gasteiger partial charge in [0.2, 0.25) is 0 Å². The van der Waals surface area contributed by atoms with Gasteiger partial charge in [-0.25, -0.2) is 0 Å². The maximum Gasteiger partial charge on any atom is 0.269 e. The normalized spacial score (nSPS) is 11.5. The van der Waals surface area contributed by atoms with Gasteiger partial charge < -0.3 is 9.67 Å². The van der Waals surface area contributed by atoms with Crippen molar-refractivity contribution in [1.82, 2.24) is 4.57 Å². The molecule has 3 rings (SSSR count). The number of aryl methyl sites for hydroxylation is 1. The van der Waals surface area contributed by atoms with Crippen molar-refractivity contribution in [3.8, 4) is 5.75 Å². The fourth-order valence-electron chi connectivity index (χ4n) is 2.67. The third-order valence-corrected chi connectivity index (χ3v) is 4.07. The molecular formula is C18H16N4O4. The molecule has 26 heavy (non-hydrogen) atoms. The third-order valence-electron chi connectivity index (χ3n) is 4.07. The predicted octanol–water partition coefficient (Wildman–Crippen LogP) is 2.99. The minimum Gasteiger partial charge on any atom is -0.506 e. The number of pyridine rings is 1. The molecule has 0 saturated carbocycles. The van der Waals surface area contributed by atoms with Gasteiger partial charge in [0, 0.05) is 24.6 Å². The number of fused-ring (bicyclic) bond motifs is 1. The maximum atomic E-state index is 12.6. The fraction of sp³-hybridized carbons (Fsp3) is 0.111. The number of rotatable bonds is 4. The summed E-state index contributed by atoms with van der Waals surface area (Å²) in [5, 5.41) is 25.9. The van der Waals surface area contributed by atoms with Crippen LogP contribution in [0.25, 0.3) is 10.9 Å². The standard InChI is InChI=1S/C18H16N4O4/c1-11(19-20-12-7-9-13(10-8-12)22(25)26)16-17(23)14-5-3-4-6-15(14)21(2)18(16)24/h3-10,20,23H,1-2H3. The highest BCUT2D eigenvalue weighted by molar-refractivity contribution is 6.05. The molecule has 0 bridgehead atoms. The van der Waals surface area contributed by atoms with E-state index in [1.807, 2.05) is 0 Å². The number of hydrogen-bond acceptors (Lipinski definition) is 6. The number of anilines is 1. The minimum absolute atomic E-state index is 0.0303. The molecule has 3 aromatic rings. The molecule has 0 amide bonds. The molecule has 2 N–H and O–H groups in total. The highest BCUT2D eigenvalue weighted by atomic mass is 16.6. The lowest BCUT2D eigenvalue weighted by molar-refractivity contribution is -0.384. The lowest BCUT2D eigenvalue weighted by Crippen LogP contribution is -2.24. The molecule has 0 aliphatic rings. The zero-order valence-electron chi connectivity index (χ0n) is 14.1. The molecule has 8 heteroatoms. The Hall–Kier alpha value is -3.68. The lowest BCUT2D eigenvalue weighted by Gasteiger charge is -2.11. The third kappa shape index (κ3) is 3.00. The fourth-order valence-corrected chi connectivity index (χ4v) is 2.67. The van der Waals surface area contributed by atoms with E-state index in [1.165, 1.54) is 28.8 Å². The number of non-ortho nitro benzene ring substituents is 1. The van der Waals surface area contributed by atoms with Crippen molar-refractivity contribution >= 4 is 28.0 Å². The van der Waals surface area contributed by atoms with Crippen molar-refractivity contribution in [3.05, 3.63) is 74.6 Å². The molecule has 132 valence electrons. The van der Waals surface area contributed by atoms with Crippen LogP contribution >= 0.6 is 0 Å². The van der Waals surface area contributed by atoms with Crippen LogP contribution in [0.5, 0.6) is 5.75 Å². The molecule has 0 aliphatic carbocycles. The first-order valence-corrected chi connectivity index (χ1v) is 7.76. The summed E-state index contributed by atoms with van der Waals surface area (Å²) in [5.74, 6) is -0.129. The summed E-state index contributed by atoms with van der Waals surface area (Å²) in [6.45, 7) is 1.60. The van der Waals surface area contributed by atoms with Gasteiger partial charge in [-0.1, -0.05) is 12.1 Å². The molecule has 1 heterocycles. The summed E-state index contributed by atoms with van der Waals surface area (Å²) in [7, 11) is 1.63. The summed E-state index contributed by atoms with van der Waals surface area (Å²) in [5.41, 5.74) is 3.88. The van der Waals surface area contributed by atoms with Crippen molar-refractivity contribution in [2.45, 2.75) is 6.92 Å². The van der Waals surface area contributed by atoms with Gasteiger partial charge >= 0.3 is 0 Å². The molecule has 0 atom stereocenters. The van der Waals surface area contributed by atoms with Crippen LogP contribution in [0.15, 0.2) is 58.4 Å². The van der Waals surface area contributed by atoms with Crippen LogP contribution in [0.2, 0.25) is 0 Å². The highest BCUT2D eigenvalue weighted by Gasteiger charge is 2.16. The number of nitro groups is 1. The maximum absolute atomic E-state index is 12.6. The van der Waals surface area contributed by atoms with E-state index in [0.717, 1.165) is 0 Å². The van der Waals surface area contributed by atoms with Gasteiger partial charge in [-0.05, 0) is 31.2 Å². The Balaban J connectivity index is 1.99. The molecule has 1 aromatic heterocycles. The first-order chi connectivity index (χ1) is 12.4. The number of nitro benzene ring substituents is 1. The molecule has 2 aromatic carbocycles. The van der Waals surface area contributed by atoms with Crippen LogP contribution in [0.4, 0.5) is 11.4 Å². The number of para-hydroxylation sites is 1. The van der Waals surface area contributed by atoms with Crippen molar-refractivity contribution in [2.24, 2.45) is 12.1 Å². The van der Waals surface area contributed by atoms with E-state index in [2.05, 4.69) is 10.5 Å². The van der Waals surface area contributed by atoms with Gasteiger partial charge in [-0.3, -0.25) is 20.3 Å². The summed E-state index contributed by atoms with van der Waals surface area (Å²) < 4.78 is 1.45. The van der Waals surface area contributed by atoms with Gasteiger partial charge in [0.05, 0.1) is 21.8 Å². The van der Waals surface area contributed by atoms with E-state index in [4.69, 9.17) is 0 Å². The van der Waals surface area contributed by atoms with E-state index in [-0.39, 0.29) is 22.6 Å². The van der Waals surface area contributed by atoms with Crippen molar-refractivity contribution in [3.63, 3.8) is 0 Å². The first kappa shape index (κ1) is 17.2. The van der Waals surface area contributed by atoms with E-state index < -0.39 is 4.92 Å². The molecule has 0 unspecified atom stereocenters. The molecule has 8 nitrogen and oxygen atoms in total. The van der Waals surface area contributed by atoms with Crippen LogP contribution in [0.1, 0.15) is 12.5 Å². The Labute approximate surface area is 148 Å². The van der Waals surface area contributed by atoms with Crippen LogP contribution in [-0.4, -0.2) is 20.3 Å². The first-order valence-electron chi connectivity index (χ1n) is 7.76. The van der Waals surface area contributed by atoms with Crippen LogP contribution in [-0.2, 0) is 7.05 Å². The second-order valence-electron chi connectivity index (χ2n) is 5.72. The van der Waals surface area contributed by atoms with Gasteiger partial charge in [-0.15, -0.1) is 0 Å². The van der Waals surface area contributed by atoms with Gasteiger partial charge in [0.15, 0.2) is 0 Å². The monoisotopic (exact) mass is 352 g/mol. The molecule has 0 fully saturated rings. The van der Waals surface area contributed by atoms with Gasteiger partial charge in [-0.2, -0.15) is 5.10 Å². The SMILES string of the molecule is CC(=NNc1ccc([N+](=O)[O-])cc1)c1c(O)c2ccccc2n(C)c1=O. The smallest absolute Gasteiger partial charge is 0.269 e. The van der Waals surface area contributed by atoms with Crippen LogP contribution in [0.3, 0.4) is 0 Å². The summed E-state index contributed by atoms with van der Waals surface area (Å²) in [6, 6.07) is 12.8. The van der Waals surface area contributed by atoms with Gasteiger partial charge in [0.25, 0.3) is 11.2 Å². The molecule has 0 spiro atoms. The Morgan fingerprint density at radius 2 is 1.85 bits per heavy atom. The largest absolute Gasteiger partial charge is 0.506 e. The lowest BCUT2D eigenvalue weighted by atomic mass is 10.1. The Kier molecular flexibility index (Phi) is 4.40. The average molecular weight is 352 g/mol. The van der Waals surface area contributed by atoms with E-state index >= 15 is 0 Å². The number of hydrogen-bond donors (Lipinski definition) is 2. The van der Waals surface area contributed by atoms with Crippen molar-refractivity contribution < 1.29 is 10.0 Å².